The molecule has 9 heteroatoms. The maximum absolute atomic E-state index is 12.8. The van der Waals surface area contributed by atoms with Crippen LogP contribution in [0.5, 0.6) is 0 Å². The first-order valence-electron chi connectivity index (χ1n) is 6.05. The average Bonchev–Trinajstić information content (AvgIpc) is 3.11. The molecule has 1 N–H and O–H groups in total. The quantitative estimate of drug-likeness (QED) is 0.816. The zero-order chi connectivity index (χ0) is 14.9. The fourth-order valence-electron chi connectivity index (χ4n) is 1.89. The first-order valence-corrected chi connectivity index (χ1v) is 7.06. The third-order valence-electron chi connectivity index (χ3n) is 2.89. The van der Waals surface area contributed by atoms with Gasteiger partial charge in [0.25, 0.3) is 0 Å². The number of halogens is 4. The predicted octanol–water partition coefficient (Wildman–Crippen LogP) is 2.48. The Kier molecular flexibility index (Phi) is 4.53. The van der Waals surface area contributed by atoms with Crippen molar-refractivity contribution in [1.82, 2.24) is 15.1 Å². The summed E-state index contributed by atoms with van der Waals surface area (Å²) in [5.74, 6) is 0.00661. The Bertz CT molecular complexity index is 514. The second-order valence-corrected chi connectivity index (χ2v) is 5.38. The first-order chi connectivity index (χ1) is 9.34. The van der Waals surface area contributed by atoms with Gasteiger partial charge in [-0.05, 0) is 12.8 Å². The molecule has 0 atom stereocenters. The summed E-state index contributed by atoms with van der Waals surface area (Å²) in [5.41, 5.74) is -0.817. The van der Waals surface area contributed by atoms with Crippen LogP contribution in [0.2, 0.25) is 5.02 Å². The van der Waals surface area contributed by atoms with Crippen molar-refractivity contribution in [3.63, 3.8) is 0 Å². The number of hydrogen-bond acceptors (Lipinski definition) is 3. The molecule has 2 rings (SSSR count). The molecule has 112 valence electrons. The highest BCUT2D eigenvalue weighted by molar-refractivity contribution is 7.80. The number of rotatable bonds is 5. The van der Waals surface area contributed by atoms with E-state index in [0.717, 1.165) is 17.5 Å². The zero-order valence-electron chi connectivity index (χ0n) is 10.4. The van der Waals surface area contributed by atoms with E-state index in [4.69, 9.17) is 11.6 Å². The third kappa shape index (κ3) is 3.41. The Labute approximate surface area is 124 Å². The lowest BCUT2D eigenvalue weighted by Gasteiger charge is -2.07. The number of nitrogens with zero attached hydrogens (tertiary/aromatic N) is 2. The summed E-state index contributed by atoms with van der Waals surface area (Å²) >= 11 is 9.73. The fourth-order valence-corrected chi connectivity index (χ4v) is 2.40. The van der Waals surface area contributed by atoms with Crippen molar-refractivity contribution in [2.24, 2.45) is 0 Å². The number of amides is 1. The van der Waals surface area contributed by atoms with E-state index in [0.29, 0.717) is 18.0 Å². The van der Waals surface area contributed by atoms with Gasteiger partial charge >= 0.3 is 6.18 Å². The Morgan fingerprint density at radius 3 is 2.65 bits per heavy atom. The van der Waals surface area contributed by atoms with E-state index in [1.54, 1.807) is 0 Å². The SMILES string of the molecule is O=C(Cn1nc(C(F)(F)F)c(Cl)c1C1CC1)NCCS. The van der Waals surface area contributed by atoms with Crippen LogP contribution in [0.1, 0.15) is 30.1 Å². The summed E-state index contributed by atoms with van der Waals surface area (Å²) in [6.07, 6.45) is -3.09. The normalized spacial score (nSPS) is 15.4. The number of thiol groups is 1. The molecule has 1 aliphatic rings. The molecule has 1 heterocycles. The van der Waals surface area contributed by atoms with Crippen molar-refractivity contribution in [1.29, 1.82) is 0 Å². The highest BCUT2D eigenvalue weighted by Crippen LogP contribution is 2.46. The van der Waals surface area contributed by atoms with Gasteiger partial charge in [-0.3, -0.25) is 9.48 Å². The molecule has 1 aromatic heterocycles. The van der Waals surface area contributed by atoms with E-state index in [2.05, 4.69) is 23.0 Å². The minimum Gasteiger partial charge on any atom is -0.354 e. The van der Waals surface area contributed by atoms with Crippen molar-refractivity contribution < 1.29 is 18.0 Å². The van der Waals surface area contributed by atoms with Crippen molar-refractivity contribution in [3.8, 4) is 0 Å². The van der Waals surface area contributed by atoms with Crippen LogP contribution in [0, 0.1) is 0 Å². The maximum atomic E-state index is 12.8. The molecule has 0 unspecified atom stereocenters. The average molecular weight is 328 g/mol. The molecular weight excluding hydrogens is 315 g/mol. The van der Waals surface area contributed by atoms with Gasteiger partial charge < -0.3 is 5.32 Å². The van der Waals surface area contributed by atoms with Gasteiger partial charge in [-0.1, -0.05) is 11.6 Å². The van der Waals surface area contributed by atoms with Crippen molar-refractivity contribution >= 4 is 30.1 Å². The van der Waals surface area contributed by atoms with Gasteiger partial charge in [0.2, 0.25) is 5.91 Å². The van der Waals surface area contributed by atoms with Crippen LogP contribution in [-0.4, -0.2) is 28.0 Å². The number of carbonyl (C=O) groups excluding carboxylic acids is 1. The van der Waals surface area contributed by atoms with Gasteiger partial charge in [0.1, 0.15) is 6.54 Å². The predicted molar refractivity (Wildman–Crippen MR) is 71.1 cm³/mol. The first kappa shape index (κ1) is 15.5. The van der Waals surface area contributed by atoms with Crippen molar-refractivity contribution in [3.05, 3.63) is 16.4 Å². The van der Waals surface area contributed by atoms with Crippen LogP contribution < -0.4 is 5.32 Å². The summed E-state index contributed by atoms with van der Waals surface area (Å²) in [7, 11) is 0. The van der Waals surface area contributed by atoms with E-state index in [-0.39, 0.29) is 17.5 Å². The third-order valence-corrected chi connectivity index (χ3v) is 3.49. The number of nitrogens with one attached hydrogen (secondary N) is 1. The summed E-state index contributed by atoms with van der Waals surface area (Å²) < 4.78 is 39.5. The molecule has 0 bridgehead atoms. The molecular formula is C11H13ClF3N3OS. The maximum Gasteiger partial charge on any atom is 0.436 e. The van der Waals surface area contributed by atoms with Crippen molar-refractivity contribution in [2.45, 2.75) is 31.5 Å². The minimum absolute atomic E-state index is 0.0382. The molecule has 1 aromatic rings. The highest BCUT2D eigenvalue weighted by atomic mass is 35.5. The molecule has 4 nitrogen and oxygen atoms in total. The van der Waals surface area contributed by atoms with Gasteiger partial charge in [-0.15, -0.1) is 0 Å². The molecule has 20 heavy (non-hydrogen) atoms. The van der Waals surface area contributed by atoms with Gasteiger partial charge in [0.05, 0.1) is 10.7 Å². The zero-order valence-corrected chi connectivity index (χ0v) is 12.0. The lowest BCUT2D eigenvalue weighted by atomic mass is 10.2. The number of aromatic nitrogens is 2. The Hall–Kier alpha value is -0.890. The number of hydrogen-bond donors (Lipinski definition) is 2. The highest BCUT2D eigenvalue weighted by Gasteiger charge is 2.42. The molecule has 1 saturated carbocycles. The number of alkyl halides is 3. The lowest BCUT2D eigenvalue weighted by molar-refractivity contribution is -0.141. The summed E-state index contributed by atoms with van der Waals surface area (Å²) in [6.45, 7) is 0.0806. The second kappa shape index (κ2) is 5.85. The molecule has 1 aliphatic carbocycles. The monoisotopic (exact) mass is 327 g/mol. The van der Waals surface area contributed by atoms with Crippen LogP contribution in [0.3, 0.4) is 0 Å². The number of carbonyl (C=O) groups is 1. The van der Waals surface area contributed by atoms with E-state index in [1.807, 2.05) is 0 Å². The van der Waals surface area contributed by atoms with Gasteiger partial charge in [-0.2, -0.15) is 30.9 Å². The lowest BCUT2D eigenvalue weighted by Crippen LogP contribution is -2.30. The van der Waals surface area contributed by atoms with Crippen LogP contribution in [0.25, 0.3) is 0 Å². The molecule has 0 spiro atoms. The van der Waals surface area contributed by atoms with Crippen LogP contribution >= 0.6 is 24.2 Å². The molecule has 0 radical (unpaired) electrons. The van der Waals surface area contributed by atoms with Crippen LogP contribution in [-0.2, 0) is 17.5 Å². The van der Waals surface area contributed by atoms with Crippen molar-refractivity contribution in [2.75, 3.05) is 12.3 Å². The largest absolute Gasteiger partial charge is 0.436 e. The molecule has 0 aliphatic heterocycles. The summed E-state index contributed by atoms with van der Waals surface area (Å²) in [6, 6.07) is 0. The topological polar surface area (TPSA) is 46.9 Å². The smallest absolute Gasteiger partial charge is 0.354 e. The fraction of sp³-hybridized carbons (Fsp3) is 0.636. The summed E-state index contributed by atoms with van der Waals surface area (Å²) in [5, 5.41) is 5.62. The van der Waals surface area contributed by atoms with Gasteiger partial charge in [0.15, 0.2) is 5.69 Å². The van der Waals surface area contributed by atoms with E-state index < -0.39 is 17.8 Å². The molecule has 1 fully saturated rings. The Morgan fingerprint density at radius 2 is 2.15 bits per heavy atom. The minimum atomic E-state index is -4.62. The standard InChI is InChI=1S/C11H13ClF3N3OS/c12-8-9(6-1-2-6)18(5-7(19)16-3-4-20)17-10(8)11(13,14)15/h6,20H,1-5H2,(H,16,19). The van der Waals surface area contributed by atoms with Gasteiger partial charge in [-0.25, -0.2) is 0 Å². The van der Waals surface area contributed by atoms with Crippen LogP contribution in [0.4, 0.5) is 13.2 Å². The Morgan fingerprint density at radius 1 is 1.50 bits per heavy atom. The second-order valence-electron chi connectivity index (χ2n) is 4.55. The summed E-state index contributed by atoms with van der Waals surface area (Å²) in [4.78, 5) is 11.6. The molecule has 1 amide bonds. The Balaban J connectivity index is 2.25. The van der Waals surface area contributed by atoms with E-state index >= 15 is 0 Å². The molecule has 0 saturated heterocycles. The van der Waals surface area contributed by atoms with E-state index in [1.165, 1.54) is 0 Å². The molecule has 0 aromatic carbocycles. The van der Waals surface area contributed by atoms with E-state index in [9.17, 15) is 18.0 Å². The van der Waals surface area contributed by atoms with Crippen LogP contribution in [0.15, 0.2) is 0 Å². The van der Waals surface area contributed by atoms with Gasteiger partial charge in [0, 0.05) is 18.2 Å².